The second-order valence-electron chi connectivity index (χ2n) is 12.0. The molecule has 9 heteroatoms. The largest absolute Gasteiger partial charge is 0.359 e. The molecule has 9 atom stereocenters. The Morgan fingerprint density at radius 2 is 1.88 bits per heavy atom. The summed E-state index contributed by atoms with van der Waals surface area (Å²) in [6.45, 7) is 6.28. The van der Waals surface area contributed by atoms with Gasteiger partial charge in [0.25, 0.3) is 0 Å². The fourth-order valence-corrected chi connectivity index (χ4v) is 7.54. The third-order valence-electron chi connectivity index (χ3n) is 9.78. The second-order valence-corrected chi connectivity index (χ2v) is 12.4. The van der Waals surface area contributed by atoms with E-state index in [2.05, 4.69) is 24.5 Å². The number of ether oxygens (including phenoxy) is 1. The molecule has 1 aliphatic carbocycles. The van der Waals surface area contributed by atoms with Crippen molar-refractivity contribution in [2.45, 2.75) is 69.9 Å². The van der Waals surface area contributed by atoms with Crippen molar-refractivity contribution in [3.8, 4) is 0 Å². The first-order valence-electron chi connectivity index (χ1n) is 14.4. The van der Waals surface area contributed by atoms with E-state index in [-0.39, 0.29) is 22.9 Å². The molecule has 0 aromatic heterocycles. The Hall–Kier alpha value is -3.23. The number of carbonyl (C=O) groups is 3. The Balaban J connectivity index is 1.35. The van der Waals surface area contributed by atoms with Gasteiger partial charge in [-0.15, -0.1) is 0 Å². The number of hydrogen-bond donors (Lipinski definition) is 2. The van der Waals surface area contributed by atoms with Crippen molar-refractivity contribution in [2.75, 3.05) is 5.32 Å². The molecule has 6 rings (SSSR count). The number of carbonyl (C=O) groups excluding carboxylic acids is 3. The topological polar surface area (TPSA) is 87.7 Å². The second kappa shape index (κ2) is 10.6. The SMILES string of the molecule is CC1CCCC(NC(=O)C2N(C(C)c3ccccc3)C(=O)[C@H]3C(C(=O)Nc4ccc(F)c(Cl)c4)[C@H]4C=CC23O4)C1C. The van der Waals surface area contributed by atoms with Crippen LogP contribution >= 0.6 is 11.6 Å². The number of nitrogens with zero attached hydrogens (tertiary/aromatic N) is 1. The van der Waals surface area contributed by atoms with Gasteiger partial charge in [0, 0.05) is 11.7 Å². The maximum Gasteiger partial charge on any atom is 0.246 e. The molecule has 3 fully saturated rings. The molecule has 216 valence electrons. The fourth-order valence-electron chi connectivity index (χ4n) is 7.36. The average Bonchev–Trinajstić information content (AvgIpc) is 3.60. The van der Waals surface area contributed by atoms with E-state index in [9.17, 15) is 18.8 Å². The number of rotatable bonds is 6. The standard InChI is InChI=1S/C32H35ClFN3O4/c1-17-8-7-11-24(18(17)2)36-30(39)28-32-15-14-25(41-32)26(29(38)35-21-12-13-23(34)22(33)16-21)27(32)31(40)37(28)19(3)20-9-5-4-6-10-20/h4-6,9-10,12-19,24-28H,7-8,11H2,1-3H3,(H,35,38)(H,36,39)/t17?,18?,19?,24?,25-,26?,27-,28?,32?/m1/s1. The molecular formula is C32H35ClFN3O4. The molecule has 3 heterocycles. The highest BCUT2D eigenvalue weighted by Crippen LogP contribution is 2.57. The van der Waals surface area contributed by atoms with Crippen LogP contribution in [0.15, 0.2) is 60.7 Å². The van der Waals surface area contributed by atoms with Crippen LogP contribution in [-0.2, 0) is 19.1 Å². The van der Waals surface area contributed by atoms with Crippen molar-refractivity contribution < 1.29 is 23.5 Å². The van der Waals surface area contributed by atoms with E-state index in [1.54, 1.807) is 11.0 Å². The van der Waals surface area contributed by atoms with E-state index in [0.717, 1.165) is 24.8 Å². The number of fused-ring (bicyclic) bond motifs is 1. The minimum Gasteiger partial charge on any atom is -0.359 e. The van der Waals surface area contributed by atoms with Crippen LogP contribution in [0.3, 0.4) is 0 Å². The van der Waals surface area contributed by atoms with Crippen LogP contribution in [-0.4, -0.2) is 46.4 Å². The molecule has 7 unspecified atom stereocenters. The highest BCUT2D eigenvalue weighted by Gasteiger charge is 2.73. The van der Waals surface area contributed by atoms with Crippen molar-refractivity contribution >= 4 is 35.0 Å². The van der Waals surface area contributed by atoms with Crippen molar-refractivity contribution in [2.24, 2.45) is 23.7 Å². The summed E-state index contributed by atoms with van der Waals surface area (Å²) >= 11 is 5.93. The minimum absolute atomic E-state index is 0.00409. The number of nitrogens with one attached hydrogen (secondary N) is 2. The summed E-state index contributed by atoms with van der Waals surface area (Å²) in [5.41, 5.74) is -0.0760. The van der Waals surface area contributed by atoms with Gasteiger partial charge in [-0.05, 0) is 48.9 Å². The third-order valence-corrected chi connectivity index (χ3v) is 10.1. The van der Waals surface area contributed by atoms with E-state index in [1.165, 1.54) is 18.2 Å². The van der Waals surface area contributed by atoms with E-state index < -0.39 is 47.3 Å². The summed E-state index contributed by atoms with van der Waals surface area (Å²) < 4.78 is 20.2. The molecule has 2 saturated heterocycles. The summed E-state index contributed by atoms with van der Waals surface area (Å²) in [5, 5.41) is 5.95. The molecular weight excluding hydrogens is 545 g/mol. The average molecular weight is 580 g/mol. The van der Waals surface area contributed by atoms with Crippen LogP contribution < -0.4 is 10.6 Å². The third kappa shape index (κ3) is 4.56. The molecule has 1 spiro atoms. The predicted octanol–water partition coefficient (Wildman–Crippen LogP) is 5.27. The van der Waals surface area contributed by atoms with Gasteiger partial charge in [0.2, 0.25) is 17.7 Å². The lowest BCUT2D eigenvalue weighted by atomic mass is 9.73. The number of amides is 3. The van der Waals surface area contributed by atoms with Crippen LogP contribution in [0.1, 0.15) is 51.6 Å². The van der Waals surface area contributed by atoms with E-state index in [1.807, 2.05) is 43.3 Å². The maximum absolute atomic E-state index is 14.4. The number of hydrogen-bond acceptors (Lipinski definition) is 4. The zero-order chi connectivity index (χ0) is 29.1. The Kier molecular flexibility index (Phi) is 7.19. The molecule has 41 heavy (non-hydrogen) atoms. The van der Waals surface area contributed by atoms with E-state index in [4.69, 9.17) is 16.3 Å². The first-order valence-corrected chi connectivity index (χ1v) is 14.8. The van der Waals surface area contributed by atoms with Crippen LogP contribution in [0.25, 0.3) is 0 Å². The fraction of sp³-hybridized carbons (Fsp3) is 0.469. The van der Waals surface area contributed by atoms with Crippen LogP contribution in [0.2, 0.25) is 5.02 Å². The lowest BCUT2D eigenvalue weighted by molar-refractivity contribution is -0.144. The van der Waals surface area contributed by atoms with Gasteiger partial charge >= 0.3 is 0 Å². The monoisotopic (exact) mass is 579 g/mol. The van der Waals surface area contributed by atoms with Gasteiger partial charge in [-0.3, -0.25) is 14.4 Å². The molecule has 2 bridgehead atoms. The normalized spacial score (nSPS) is 34.4. The predicted molar refractivity (Wildman–Crippen MR) is 153 cm³/mol. The Morgan fingerprint density at radius 3 is 2.61 bits per heavy atom. The summed E-state index contributed by atoms with van der Waals surface area (Å²) in [7, 11) is 0. The van der Waals surface area contributed by atoms with Crippen LogP contribution in [0, 0.1) is 29.5 Å². The number of likely N-dealkylation sites (tertiary alicyclic amines) is 1. The Bertz CT molecular complexity index is 1400. The zero-order valence-electron chi connectivity index (χ0n) is 23.3. The van der Waals surface area contributed by atoms with Gasteiger partial charge in [0.15, 0.2) is 0 Å². The van der Waals surface area contributed by atoms with E-state index in [0.29, 0.717) is 17.5 Å². The Morgan fingerprint density at radius 1 is 1.12 bits per heavy atom. The van der Waals surface area contributed by atoms with Crippen LogP contribution in [0.4, 0.5) is 10.1 Å². The quantitative estimate of drug-likeness (QED) is 0.457. The Labute approximate surface area is 244 Å². The number of anilines is 1. The molecule has 2 N–H and O–H groups in total. The maximum atomic E-state index is 14.4. The first-order chi connectivity index (χ1) is 19.6. The van der Waals surface area contributed by atoms with Gasteiger partial charge in [-0.25, -0.2) is 4.39 Å². The van der Waals surface area contributed by atoms with Gasteiger partial charge in [0.05, 0.1) is 29.0 Å². The van der Waals surface area contributed by atoms with Crippen molar-refractivity contribution in [3.63, 3.8) is 0 Å². The van der Waals surface area contributed by atoms with Gasteiger partial charge in [0.1, 0.15) is 17.5 Å². The highest BCUT2D eigenvalue weighted by atomic mass is 35.5. The van der Waals surface area contributed by atoms with Gasteiger partial charge in [-0.2, -0.15) is 0 Å². The van der Waals surface area contributed by atoms with Crippen molar-refractivity contribution in [3.05, 3.63) is 77.1 Å². The van der Waals surface area contributed by atoms with Crippen molar-refractivity contribution in [1.29, 1.82) is 0 Å². The van der Waals surface area contributed by atoms with E-state index >= 15 is 0 Å². The summed E-state index contributed by atoms with van der Waals surface area (Å²) in [6, 6.07) is 12.1. The number of benzene rings is 2. The molecule has 2 aromatic carbocycles. The molecule has 3 amide bonds. The highest BCUT2D eigenvalue weighted by molar-refractivity contribution is 6.31. The first kappa shape index (κ1) is 27.9. The smallest absolute Gasteiger partial charge is 0.246 e. The van der Waals surface area contributed by atoms with Gasteiger partial charge in [-0.1, -0.05) is 80.8 Å². The zero-order valence-corrected chi connectivity index (χ0v) is 24.1. The molecule has 2 aromatic rings. The molecule has 7 nitrogen and oxygen atoms in total. The van der Waals surface area contributed by atoms with Crippen LogP contribution in [0.5, 0.6) is 0 Å². The minimum atomic E-state index is -1.28. The lowest BCUT2D eigenvalue weighted by Crippen LogP contribution is -2.58. The molecule has 4 aliphatic rings. The van der Waals surface area contributed by atoms with Crippen molar-refractivity contribution in [1.82, 2.24) is 10.2 Å². The molecule has 0 radical (unpaired) electrons. The molecule has 3 aliphatic heterocycles. The number of halogens is 2. The summed E-state index contributed by atoms with van der Waals surface area (Å²) in [5.74, 6) is -2.56. The van der Waals surface area contributed by atoms with Gasteiger partial charge < -0.3 is 20.3 Å². The lowest BCUT2D eigenvalue weighted by Gasteiger charge is -2.39. The molecule has 1 saturated carbocycles. The summed E-state index contributed by atoms with van der Waals surface area (Å²) in [4.78, 5) is 43.9. The summed E-state index contributed by atoms with van der Waals surface area (Å²) in [6.07, 6.45) is 5.97.